The van der Waals surface area contributed by atoms with Crippen LogP contribution >= 0.6 is 0 Å². The summed E-state index contributed by atoms with van der Waals surface area (Å²) >= 11 is 0. The Morgan fingerprint density at radius 2 is 2.04 bits per heavy atom. The van der Waals surface area contributed by atoms with E-state index in [1.54, 1.807) is 13.2 Å². The predicted molar refractivity (Wildman–Crippen MR) is 98.1 cm³/mol. The molecule has 0 radical (unpaired) electrons. The van der Waals surface area contributed by atoms with Gasteiger partial charge in [-0.3, -0.25) is 9.59 Å². The van der Waals surface area contributed by atoms with E-state index in [4.69, 9.17) is 9.84 Å². The van der Waals surface area contributed by atoms with Crippen LogP contribution in [-0.2, 0) is 4.79 Å². The first-order valence-corrected chi connectivity index (χ1v) is 9.39. The number of methoxy groups -OCH3 is 1. The largest absolute Gasteiger partial charge is 0.497 e. The molecule has 2 amide bonds. The maximum absolute atomic E-state index is 12.8. The Hall–Kier alpha value is -2.08. The number of carbonyl (C=O) groups excluding carboxylic acids is 2. The fourth-order valence-electron chi connectivity index (χ4n) is 4.10. The predicted octanol–water partition coefficient (Wildman–Crippen LogP) is 1.92. The van der Waals surface area contributed by atoms with Crippen LogP contribution in [0.15, 0.2) is 24.3 Å². The molecule has 2 aliphatic heterocycles. The fraction of sp³-hybridized carbons (Fsp3) is 0.600. The normalized spacial score (nSPS) is 19.7. The summed E-state index contributed by atoms with van der Waals surface area (Å²) in [5, 5.41) is 9.04. The molecule has 6 heteroatoms. The number of likely N-dealkylation sites (tertiary alicyclic amines) is 2. The van der Waals surface area contributed by atoms with Gasteiger partial charge in [-0.2, -0.15) is 0 Å². The number of nitrogens with zero attached hydrogens (tertiary/aromatic N) is 2. The molecule has 0 aliphatic carbocycles. The number of carbonyl (C=O) groups is 2. The highest BCUT2D eigenvalue weighted by molar-refractivity contribution is 5.94. The molecule has 3 rings (SSSR count). The summed E-state index contributed by atoms with van der Waals surface area (Å²) < 4.78 is 5.21. The van der Waals surface area contributed by atoms with Crippen molar-refractivity contribution in [2.75, 3.05) is 39.9 Å². The minimum absolute atomic E-state index is 0.0442. The van der Waals surface area contributed by atoms with E-state index in [2.05, 4.69) is 0 Å². The Morgan fingerprint density at radius 1 is 1.27 bits per heavy atom. The zero-order chi connectivity index (χ0) is 18.6. The highest BCUT2D eigenvalue weighted by Gasteiger charge is 2.41. The van der Waals surface area contributed by atoms with E-state index in [1.165, 1.54) is 0 Å². The van der Waals surface area contributed by atoms with Gasteiger partial charge in [-0.1, -0.05) is 6.07 Å². The van der Waals surface area contributed by atoms with Crippen molar-refractivity contribution in [3.05, 3.63) is 29.8 Å². The van der Waals surface area contributed by atoms with E-state index in [0.717, 1.165) is 38.9 Å². The second-order valence-electron chi connectivity index (χ2n) is 7.42. The number of rotatable bonds is 5. The lowest BCUT2D eigenvalue weighted by atomic mass is 9.72. The molecule has 1 aromatic rings. The van der Waals surface area contributed by atoms with Gasteiger partial charge in [0.25, 0.3) is 5.91 Å². The highest BCUT2D eigenvalue weighted by atomic mass is 16.5. The van der Waals surface area contributed by atoms with Crippen LogP contribution in [0.25, 0.3) is 0 Å². The Morgan fingerprint density at radius 3 is 2.73 bits per heavy atom. The monoisotopic (exact) mass is 360 g/mol. The fourth-order valence-corrected chi connectivity index (χ4v) is 4.10. The number of benzene rings is 1. The van der Waals surface area contributed by atoms with E-state index >= 15 is 0 Å². The summed E-state index contributed by atoms with van der Waals surface area (Å²) in [6.45, 7) is 2.94. The van der Waals surface area contributed by atoms with E-state index in [0.29, 0.717) is 30.7 Å². The van der Waals surface area contributed by atoms with Crippen molar-refractivity contribution in [3.8, 4) is 5.75 Å². The quantitative estimate of drug-likeness (QED) is 0.871. The first kappa shape index (κ1) is 18.7. The van der Waals surface area contributed by atoms with E-state index in [-0.39, 0.29) is 23.8 Å². The lowest BCUT2D eigenvalue weighted by molar-refractivity contribution is -0.139. The Labute approximate surface area is 154 Å². The second-order valence-corrected chi connectivity index (χ2v) is 7.42. The third-order valence-corrected chi connectivity index (χ3v) is 5.76. The van der Waals surface area contributed by atoms with Crippen LogP contribution in [0, 0.1) is 5.41 Å². The zero-order valence-electron chi connectivity index (χ0n) is 15.4. The minimum Gasteiger partial charge on any atom is -0.497 e. The number of hydrogen-bond acceptors (Lipinski definition) is 4. The van der Waals surface area contributed by atoms with E-state index in [9.17, 15) is 9.59 Å². The minimum atomic E-state index is 0.0442. The van der Waals surface area contributed by atoms with Gasteiger partial charge in [-0.05, 0) is 49.3 Å². The standard InChI is InChI=1S/C20H28N2O4/c1-26-17-5-2-4-16(14-17)19(25)21-11-8-20(9-12-21)7-6-18(24)22(15-20)10-3-13-23/h2,4-5,14,23H,3,6-13,15H2,1H3. The summed E-state index contributed by atoms with van der Waals surface area (Å²) in [7, 11) is 1.60. The van der Waals surface area contributed by atoms with Gasteiger partial charge in [-0.15, -0.1) is 0 Å². The number of aliphatic hydroxyl groups excluding tert-OH is 1. The maximum atomic E-state index is 12.8. The molecule has 0 unspecified atom stereocenters. The summed E-state index contributed by atoms with van der Waals surface area (Å²) in [5.74, 6) is 0.927. The van der Waals surface area contributed by atoms with Crippen molar-refractivity contribution < 1.29 is 19.4 Å². The number of amides is 2. The summed E-state index contributed by atoms with van der Waals surface area (Å²) in [6.07, 6.45) is 3.96. The average molecular weight is 360 g/mol. The van der Waals surface area contributed by atoms with Crippen LogP contribution < -0.4 is 4.74 Å². The summed E-state index contributed by atoms with van der Waals surface area (Å²) in [6, 6.07) is 7.28. The van der Waals surface area contributed by atoms with Gasteiger partial charge in [-0.25, -0.2) is 0 Å². The van der Waals surface area contributed by atoms with Crippen LogP contribution in [0.2, 0.25) is 0 Å². The van der Waals surface area contributed by atoms with Crippen LogP contribution in [-0.4, -0.2) is 66.6 Å². The molecule has 2 heterocycles. The molecular weight excluding hydrogens is 332 g/mol. The number of hydrogen-bond donors (Lipinski definition) is 1. The molecule has 1 spiro atoms. The van der Waals surface area contributed by atoms with Gasteiger partial charge in [0.05, 0.1) is 7.11 Å². The molecule has 0 bridgehead atoms. The van der Waals surface area contributed by atoms with Gasteiger partial charge < -0.3 is 19.6 Å². The van der Waals surface area contributed by atoms with Crippen molar-refractivity contribution in [3.63, 3.8) is 0 Å². The van der Waals surface area contributed by atoms with Crippen molar-refractivity contribution in [2.24, 2.45) is 5.41 Å². The molecule has 142 valence electrons. The average Bonchev–Trinajstić information content (AvgIpc) is 2.69. The molecule has 0 atom stereocenters. The molecule has 2 fully saturated rings. The molecule has 0 aromatic heterocycles. The van der Waals surface area contributed by atoms with Crippen molar-refractivity contribution in [1.82, 2.24) is 9.80 Å². The summed E-state index contributed by atoms with van der Waals surface area (Å²) in [4.78, 5) is 28.7. The van der Waals surface area contributed by atoms with Crippen LogP contribution in [0.3, 0.4) is 0 Å². The molecule has 26 heavy (non-hydrogen) atoms. The molecule has 6 nitrogen and oxygen atoms in total. The van der Waals surface area contributed by atoms with E-state index < -0.39 is 0 Å². The van der Waals surface area contributed by atoms with E-state index in [1.807, 2.05) is 28.0 Å². The van der Waals surface area contributed by atoms with Gasteiger partial charge in [0.2, 0.25) is 5.91 Å². The zero-order valence-corrected chi connectivity index (χ0v) is 15.4. The molecular formula is C20H28N2O4. The first-order chi connectivity index (χ1) is 12.6. The number of ether oxygens (including phenoxy) is 1. The third kappa shape index (κ3) is 4.01. The lowest BCUT2D eigenvalue weighted by Crippen LogP contribution is -2.52. The molecule has 2 saturated heterocycles. The van der Waals surface area contributed by atoms with Gasteiger partial charge in [0.15, 0.2) is 0 Å². The second kappa shape index (κ2) is 8.08. The SMILES string of the molecule is COc1cccc(C(=O)N2CCC3(CCC(=O)N(CCCO)C3)CC2)c1. The number of aliphatic hydroxyl groups is 1. The Bertz CT molecular complexity index is 653. The molecule has 1 N–H and O–H groups in total. The van der Waals surface area contributed by atoms with Gasteiger partial charge >= 0.3 is 0 Å². The highest BCUT2D eigenvalue weighted by Crippen LogP contribution is 2.40. The lowest BCUT2D eigenvalue weighted by Gasteiger charge is -2.47. The van der Waals surface area contributed by atoms with Gasteiger partial charge in [0, 0.05) is 44.8 Å². The molecule has 0 saturated carbocycles. The first-order valence-electron chi connectivity index (χ1n) is 9.39. The molecule has 1 aromatic carbocycles. The van der Waals surface area contributed by atoms with Crippen molar-refractivity contribution >= 4 is 11.8 Å². The van der Waals surface area contributed by atoms with Gasteiger partial charge in [0.1, 0.15) is 5.75 Å². The third-order valence-electron chi connectivity index (χ3n) is 5.76. The topological polar surface area (TPSA) is 70.1 Å². The smallest absolute Gasteiger partial charge is 0.253 e. The van der Waals surface area contributed by atoms with Crippen LogP contribution in [0.1, 0.15) is 42.5 Å². The number of piperidine rings is 2. The van der Waals surface area contributed by atoms with Crippen molar-refractivity contribution in [2.45, 2.75) is 32.1 Å². The Kier molecular flexibility index (Phi) is 5.81. The summed E-state index contributed by atoms with van der Waals surface area (Å²) in [5.41, 5.74) is 0.776. The Balaban J connectivity index is 1.61. The van der Waals surface area contributed by atoms with Crippen LogP contribution in [0.4, 0.5) is 0 Å². The van der Waals surface area contributed by atoms with Crippen molar-refractivity contribution in [1.29, 1.82) is 0 Å². The van der Waals surface area contributed by atoms with Crippen LogP contribution in [0.5, 0.6) is 5.75 Å². The molecule has 2 aliphatic rings. The maximum Gasteiger partial charge on any atom is 0.253 e.